The molecule has 13 heavy (non-hydrogen) atoms. The number of aliphatic hydroxyl groups excluding tert-OH is 1. The molecule has 0 saturated heterocycles. The first kappa shape index (κ1) is 11.0. The van der Waals surface area contributed by atoms with Gasteiger partial charge in [0.05, 0.1) is 6.61 Å². The van der Waals surface area contributed by atoms with Crippen LogP contribution in [0.4, 0.5) is 0 Å². The largest absolute Gasteiger partial charge is 0.394 e. The predicted molar refractivity (Wildman–Crippen MR) is 55.7 cm³/mol. The first-order chi connectivity index (χ1) is 5.99. The van der Waals surface area contributed by atoms with Gasteiger partial charge in [-0.05, 0) is 24.7 Å². The third-order valence-electron chi connectivity index (χ3n) is 3.15. The van der Waals surface area contributed by atoms with Crippen molar-refractivity contribution >= 4 is 0 Å². The minimum atomic E-state index is 0.0447. The first-order valence-electron chi connectivity index (χ1n) is 5.37. The number of nitrogens with one attached hydrogen (secondary N) is 1. The molecule has 0 aliphatic heterocycles. The van der Waals surface area contributed by atoms with Crippen LogP contribution in [-0.2, 0) is 0 Å². The maximum atomic E-state index is 9.32. The first-order valence-corrected chi connectivity index (χ1v) is 5.37. The molecule has 1 saturated carbocycles. The fraction of sp³-hybridized carbons (Fsp3) is 1.00. The average Bonchev–Trinajstić information content (AvgIpc) is 1.94. The highest BCUT2D eigenvalue weighted by molar-refractivity contribution is 5.02. The molecule has 0 bridgehead atoms. The SMILES string of the molecule is CC(C)NC1(CO)CC(C(C)C)C1. The molecule has 1 fully saturated rings. The van der Waals surface area contributed by atoms with E-state index in [1.54, 1.807) is 0 Å². The molecule has 78 valence electrons. The summed E-state index contributed by atoms with van der Waals surface area (Å²) in [5.41, 5.74) is 0.0447. The molecule has 2 heteroatoms. The Balaban J connectivity index is 2.40. The molecule has 1 aliphatic carbocycles. The number of aliphatic hydroxyl groups is 1. The molecule has 0 unspecified atom stereocenters. The van der Waals surface area contributed by atoms with Crippen molar-refractivity contribution in [3.05, 3.63) is 0 Å². The van der Waals surface area contributed by atoms with Gasteiger partial charge in [0, 0.05) is 11.6 Å². The Bertz CT molecular complexity index is 159. The minimum absolute atomic E-state index is 0.0447. The van der Waals surface area contributed by atoms with E-state index < -0.39 is 0 Å². The Morgan fingerprint density at radius 3 is 2.15 bits per heavy atom. The van der Waals surface area contributed by atoms with E-state index in [4.69, 9.17) is 0 Å². The lowest BCUT2D eigenvalue weighted by atomic mass is 9.64. The van der Waals surface area contributed by atoms with E-state index in [1.165, 1.54) is 0 Å². The van der Waals surface area contributed by atoms with E-state index in [2.05, 4.69) is 33.0 Å². The van der Waals surface area contributed by atoms with Crippen LogP contribution in [0.15, 0.2) is 0 Å². The highest BCUT2D eigenvalue weighted by atomic mass is 16.3. The fourth-order valence-corrected chi connectivity index (χ4v) is 2.32. The Morgan fingerprint density at radius 2 is 1.85 bits per heavy atom. The van der Waals surface area contributed by atoms with Crippen molar-refractivity contribution in [3.63, 3.8) is 0 Å². The van der Waals surface area contributed by atoms with Gasteiger partial charge in [0.15, 0.2) is 0 Å². The lowest BCUT2D eigenvalue weighted by Gasteiger charge is -2.50. The summed E-state index contributed by atoms with van der Waals surface area (Å²) in [6, 6.07) is 0.472. The van der Waals surface area contributed by atoms with Crippen LogP contribution >= 0.6 is 0 Å². The molecule has 1 aliphatic rings. The second-order valence-electron chi connectivity index (χ2n) is 5.15. The second kappa shape index (κ2) is 3.97. The summed E-state index contributed by atoms with van der Waals surface area (Å²) in [6.45, 7) is 9.09. The van der Waals surface area contributed by atoms with Gasteiger partial charge >= 0.3 is 0 Å². The zero-order chi connectivity index (χ0) is 10.1. The molecule has 2 N–H and O–H groups in total. The quantitative estimate of drug-likeness (QED) is 0.700. The van der Waals surface area contributed by atoms with Crippen molar-refractivity contribution in [2.45, 2.75) is 52.1 Å². The van der Waals surface area contributed by atoms with Crippen LogP contribution in [0.5, 0.6) is 0 Å². The molecule has 0 amide bonds. The van der Waals surface area contributed by atoms with Gasteiger partial charge in [-0.15, -0.1) is 0 Å². The minimum Gasteiger partial charge on any atom is -0.394 e. The molecule has 0 heterocycles. The van der Waals surface area contributed by atoms with E-state index in [0.29, 0.717) is 6.04 Å². The van der Waals surface area contributed by atoms with E-state index in [0.717, 1.165) is 24.7 Å². The normalized spacial score (nSPS) is 33.9. The molecule has 0 aromatic heterocycles. The van der Waals surface area contributed by atoms with Gasteiger partial charge in [0.25, 0.3) is 0 Å². The molecule has 0 atom stereocenters. The molecule has 0 radical (unpaired) electrons. The van der Waals surface area contributed by atoms with Gasteiger partial charge < -0.3 is 10.4 Å². The number of hydrogen-bond donors (Lipinski definition) is 2. The number of rotatable bonds is 4. The molecule has 0 aromatic carbocycles. The molecule has 0 aromatic rings. The molecular formula is C11H23NO. The molecule has 0 spiro atoms. The lowest BCUT2D eigenvalue weighted by Crippen LogP contribution is -2.60. The maximum absolute atomic E-state index is 9.32. The van der Waals surface area contributed by atoms with Gasteiger partial charge in [0.2, 0.25) is 0 Å². The van der Waals surface area contributed by atoms with Gasteiger partial charge in [-0.2, -0.15) is 0 Å². The zero-order valence-corrected chi connectivity index (χ0v) is 9.30. The van der Waals surface area contributed by atoms with Crippen molar-refractivity contribution < 1.29 is 5.11 Å². The molecule has 2 nitrogen and oxygen atoms in total. The van der Waals surface area contributed by atoms with Crippen molar-refractivity contribution in [1.82, 2.24) is 5.32 Å². The summed E-state index contributed by atoms with van der Waals surface area (Å²) in [4.78, 5) is 0. The lowest BCUT2D eigenvalue weighted by molar-refractivity contribution is 0.0130. The Morgan fingerprint density at radius 1 is 1.31 bits per heavy atom. The van der Waals surface area contributed by atoms with Gasteiger partial charge in [-0.3, -0.25) is 0 Å². The average molecular weight is 185 g/mol. The van der Waals surface area contributed by atoms with Crippen LogP contribution in [0.25, 0.3) is 0 Å². The summed E-state index contributed by atoms with van der Waals surface area (Å²) >= 11 is 0. The summed E-state index contributed by atoms with van der Waals surface area (Å²) in [7, 11) is 0. The van der Waals surface area contributed by atoms with Crippen molar-refractivity contribution in [1.29, 1.82) is 0 Å². The monoisotopic (exact) mass is 185 g/mol. The van der Waals surface area contributed by atoms with E-state index in [9.17, 15) is 5.11 Å². The topological polar surface area (TPSA) is 32.3 Å². The maximum Gasteiger partial charge on any atom is 0.0613 e. The van der Waals surface area contributed by atoms with Crippen LogP contribution in [-0.4, -0.2) is 23.3 Å². The van der Waals surface area contributed by atoms with Crippen molar-refractivity contribution in [3.8, 4) is 0 Å². The molecule has 1 rings (SSSR count). The third kappa shape index (κ3) is 2.44. The highest BCUT2D eigenvalue weighted by Gasteiger charge is 2.44. The van der Waals surface area contributed by atoms with Crippen LogP contribution in [0.1, 0.15) is 40.5 Å². The second-order valence-corrected chi connectivity index (χ2v) is 5.15. The standard InChI is InChI=1S/C11H23NO/c1-8(2)10-5-11(6-10,7-13)12-9(3)4/h8-10,12-13H,5-7H2,1-4H3. The van der Waals surface area contributed by atoms with E-state index in [-0.39, 0.29) is 12.1 Å². The van der Waals surface area contributed by atoms with Gasteiger partial charge in [-0.1, -0.05) is 27.7 Å². The fourth-order valence-electron chi connectivity index (χ4n) is 2.32. The summed E-state index contributed by atoms with van der Waals surface area (Å²) in [6.07, 6.45) is 2.28. The predicted octanol–water partition coefficient (Wildman–Crippen LogP) is 1.78. The van der Waals surface area contributed by atoms with Crippen molar-refractivity contribution in [2.24, 2.45) is 11.8 Å². The van der Waals surface area contributed by atoms with E-state index >= 15 is 0 Å². The summed E-state index contributed by atoms with van der Waals surface area (Å²) in [5.74, 6) is 1.56. The van der Waals surface area contributed by atoms with Gasteiger partial charge in [-0.25, -0.2) is 0 Å². The summed E-state index contributed by atoms with van der Waals surface area (Å²) < 4.78 is 0. The Kier molecular flexibility index (Phi) is 3.36. The van der Waals surface area contributed by atoms with Crippen LogP contribution in [0, 0.1) is 11.8 Å². The number of hydrogen-bond acceptors (Lipinski definition) is 2. The third-order valence-corrected chi connectivity index (χ3v) is 3.15. The Labute approximate surface area is 81.7 Å². The molecular weight excluding hydrogens is 162 g/mol. The van der Waals surface area contributed by atoms with Crippen LogP contribution < -0.4 is 5.32 Å². The highest BCUT2D eigenvalue weighted by Crippen LogP contribution is 2.42. The van der Waals surface area contributed by atoms with Crippen LogP contribution in [0.3, 0.4) is 0 Å². The van der Waals surface area contributed by atoms with Gasteiger partial charge in [0.1, 0.15) is 0 Å². The van der Waals surface area contributed by atoms with Crippen LogP contribution in [0.2, 0.25) is 0 Å². The van der Waals surface area contributed by atoms with E-state index in [1.807, 2.05) is 0 Å². The summed E-state index contributed by atoms with van der Waals surface area (Å²) in [5, 5.41) is 12.8. The van der Waals surface area contributed by atoms with Crippen molar-refractivity contribution in [2.75, 3.05) is 6.61 Å². The Hall–Kier alpha value is -0.0800. The smallest absolute Gasteiger partial charge is 0.0613 e. The zero-order valence-electron chi connectivity index (χ0n) is 9.30.